The van der Waals surface area contributed by atoms with Crippen LogP contribution in [0.1, 0.15) is 46.5 Å². The highest BCUT2D eigenvalue weighted by molar-refractivity contribution is 8.00. The number of thioether (sulfide) groups is 1. The third-order valence-corrected chi connectivity index (χ3v) is 7.64. The summed E-state index contributed by atoms with van der Waals surface area (Å²) in [7, 11) is 1.28. The monoisotopic (exact) mass is 524 g/mol. The van der Waals surface area contributed by atoms with E-state index in [9.17, 15) is 24.0 Å². The lowest BCUT2D eigenvalue weighted by atomic mass is 9.94. The summed E-state index contributed by atoms with van der Waals surface area (Å²) in [5.74, 6) is -2.66. The lowest BCUT2D eigenvalue weighted by Crippen LogP contribution is -2.74. The first kappa shape index (κ1) is 26.4. The van der Waals surface area contributed by atoms with Crippen molar-refractivity contribution in [3.63, 3.8) is 0 Å². The van der Waals surface area contributed by atoms with Crippen LogP contribution in [0.4, 0.5) is 0 Å². The van der Waals surface area contributed by atoms with E-state index in [-0.39, 0.29) is 35.8 Å². The van der Waals surface area contributed by atoms with Crippen molar-refractivity contribution in [2.24, 2.45) is 5.92 Å². The molecule has 2 aromatic rings. The first-order chi connectivity index (χ1) is 17.8. The van der Waals surface area contributed by atoms with Crippen LogP contribution in [-0.4, -0.2) is 69.8 Å². The van der Waals surface area contributed by atoms with Gasteiger partial charge < -0.3 is 14.4 Å². The summed E-state index contributed by atoms with van der Waals surface area (Å²) in [6, 6.07) is 13.6. The molecule has 3 amide bonds. The van der Waals surface area contributed by atoms with Gasteiger partial charge in [-0.05, 0) is 23.6 Å². The van der Waals surface area contributed by atoms with E-state index < -0.39 is 47.1 Å². The van der Waals surface area contributed by atoms with E-state index in [0.29, 0.717) is 0 Å². The molecular weight excluding hydrogens is 496 g/mol. The van der Waals surface area contributed by atoms with Crippen molar-refractivity contribution in [3.05, 3.63) is 71.3 Å². The number of esters is 2. The molecule has 0 N–H and O–H groups in total. The minimum absolute atomic E-state index is 0.0485. The molecule has 2 heterocycles. The van der Waals surface area contributed by atoms with Gasteiger partial charge in [-0.15, -0.1) is 11.8 Å². The smallest absolute Gasteiger partial charge is 0.329 e. The Labute approximate surface area is 219 Å². The molecular formula is C27H28N2O7S. The molecule has 9 nitrogen and oxygen atoms in total. The van der Waals surface area contributed by atoms with Crippen LogP contribution in [0.2, 0.25) is 0 Å². The average Bonchev–Trinajstić information content (AvgIpc) is 3.15. The van der Waals surface area contributed by atoms with Gasteiger partial charge >= 0.3 is 11.9 Å². The average molecular weight is 525 g/mol. The maximum atomic E-state index is 13.5. The Morgan fingerprint density at radius 1 is 0.946 bits per heavy atom. The van der Waals surface area contributed by atoms with Gasteiger partial charge in [0.05, 0.1) is 24.7 Å². The predicted octanol–water partition coefficient (Wildman–Crippen LogP) is 2.88. The predicted molar refractivity (Wildman–Crippen MR) is 135 cm³/mol. The molecule has 10 heteroatoms. The van der Waals surface area contributed by atoms with Crippen LogP contribution >= 0.6 is 11.8 Å². The minimum atomic E-state index is -1.10. The number of nitrogens with zero attached hydrogens (tertiary/aromatic N) is 2. The number of ether oxygens (including phenoxy) is 2. The quantitative estimate of drug-likeness (QED) is 0.265. The van der Waals surface area contributed by atoms with Crippen molar-refractivity contribution < 1.29 is 33.4 Å². The van der Waals surface area contributed by atoms with Crippen LogP contribution in [0.5, 0.6) is 0 Å². The number of rotatable bonds is 10. The van der Waals surface area contributed by atoms with Crippen LogP contribution < -0.4 is 0 Å². The van der Waals surface area contributed by atoms with E-state index in [1.165, 1.54) is 23.8 Å². The Morgan fingerprint density at radius 2 is 1.54 bits per heavy atom. The second-order valence-corrected chi connectivity index (χ2v) is 10.3. The number of fused-ring (bicyclic) bond motifs is 1. The maximum Gasteiger partial charge on any atom is 0.329 e. The Morgan fingerprint density at radius 3 is 2.11 bits per heavy atom. The first-order valence-electron chi connectivity index (χ1n) is 11.9. The van der Waals surface area contributed by atoms with Crippen LogP contribution in [0.25, 0.3) is 0 Å². The van der Waals surface area contributed by atoms with Crippen molar-refractivity contribution in [1.29, 1.82) is 0 Å². The van der Waals surface area contributed by atoms with Gasteiger partial charge in [0.25, 0.3) is 17.7 Å². The van der Waals surface area contributed by atoms with Gasteiger partial charge in [0.1, 0.15) is 24.1 Å². The fourth-order valence-corrected chi connectivity index (χ4v) is 5.86. The highest BCUT2D eigenvalue weighted by Gasteiger charge is 2.59. The number of β-lactam (4-membered cyclic amide) rings is 1. The summed E-state index contributed by atoms with van der Waals surface area (Å²) in [6.45, 7) is 3.65. The fraction of sp³-hybridized carbons (Fsp3) is 0.370. The first-order valence-corrected chi connectivity index (χ1v) is 13.0. The number of carbonyl (C=O) groups is 5. The summed E-state index contributed by atoms with van der Waals surface area (Å²) in [5, 5.41) is -0.726. The van der Waals surface area contributed by atoms with Gasteiger partial charge in [-0.2, -0.15) is 0 Å². The molecule has 2 aliphatic heterocycles. The van der Waals surface area contributed by atoms with E-state index in [1.807, 2.05) is 30.3 Å². The molecule has 2 aromatic carbocycles. The van der Waals surface area contributed by atoms with Crippen molar-refractivity contribution in [3.8, 4) is 0 Å². The van der Waals surface area contributed by atoms with Crippen molar-refractivity contribution in [2.75, 3.05) is 12.9 Å². The molecule has 0 aliphatic carbocycles. The molecule has 1 fully saturated rings. The molecule has 194 valence electrons. The lowest BCUT2D eigenvalue weighted by Gasteiger charge is -2.52. The van der Waals surface area contributed by atoms with Crippen LogP contribution in [0.15, 0.2) is 54.6 Å². The van der Waals surface area contributed by atoms with E-state index in [4.69, 9.17) is 9.47 Å². The maximum absolute atomic E-state index is 13.5. The molecule has 0 radical (unpaired) electrons. The molecule has 2 aliphatic rings. The van der Waals surface area contributed by atoms with E-state index in [2.05, 4.69) is 0 Å². The van der Waals surface area contributed by atoms with E-state index >= 15 is 0 Å². The molecule has 0 saturated carbocycles. The van der Waals surface area contributed by atoms with Gasteiger partial charge in [0, 0.05) is 5.75 Å². The Kier molecular flexibility index (Phi) is 7.97. The van der Waals surface area contributed by atoms with Gasteiger partial charge in [-0.1, -0.05) is 56.3 Å². The van der Waals surface area contributed by atoms with Gasteiger partial charge in [0.2, 0.25) is 0 Å². The number of methoxy groups -OCH3 is 1. The van der Waals surface area contributed by atoms with E-state index in [0.717, 1.165) is 10.5 Å². The largest absolute Gasteiger partial charge is 0.469 e. The zero-order valence-corrected chi connectivity index (χ0v) is 21.6. The summed E-state index contributed by atoms with van der Waals surface area (Å²) in [4.78, 5) is 67.1. The minimum Gasteiger partial charge on any atom is -0.469 e. The third-order valence-electron chi connectivity index (χ3n) is 6.37. The van der Waals surface area contributed by atoms with Gasteiger partial charge in [-0.25, -0.2) is 4.79 Å². The number of amides is 3. The van der Waals surface area contributed by atoms with E-state index in [1.54, 1.807) is 38.1 Å². The summed E-state index contributed by atoms with van der Waals surface area (Å²) in [6.07, 6.45) is 0.0688. The van der Waals surface area contributed by atoms with Crippen molar-refractivity contribution in [2.45, 2.75) is 44.3 Å². The molecule has 1 saturated heterocycles. The van der Waals surface area contributed by atoms with Gasteiger partial charge in [-0.3, -0.25) is 24.1 Å². The SMILES string of the molecule is COC(=O)CCS[C@@H]1[C@@H](N2C(=O)c3ccccc3C2=O)C(=O)N1[C@@H](C(=O)OCc1ccccc1)C(C)C. The number of likely N-dealkylation sites (tertiary alicyclic amines) is 1. The molecule has 3 atom stereocenters. The molecule has 0 unspecified atom stereocenters. The number of carbonyl (C=O) groups excluding carboxylic acids is 5. The zero-order chi connectivity index (χ0) is 26.7. The van der Waals surface area contributed by atoms with Gasteiger partial charge in [0.15, 0.2) is 0 Å². The molecule has 4 rings (SSSR count). The number of benzene rings is 2. The summed E-state index contributed by atoms with van der Waals surface area (Å²) < 4.78 is 10.3. The van der Waals surface area contributed by atoms with Crippen LogP contribution in [0.3, 0.4) is 0 Å². The molecule has 0 spiro atoms. The molecule has 0 aromatic heterocycles. The van der Waals surface area contributed by atoms with Crippen LogP contribution in [0, 0.1) is 5.92 Å². The second kappa shape index (κ2) is 11.2. The van der Waals surface area contributed by atoms with Crippen molar-refractivity contribution in [1.82, 2.24) is 9.80 Å². The highest BCUT2D eigenvalue weighted by Crippen LogP contribution is 2.40. The fourth-order valence-electron chi connectivity index (χ4n) is 4.52. The standard InChI is InChI=1S/C27H28N2O7S/c1-16(2)21(27(34)36-15-17-9-5-4-6-10-17)29-25(33)22(26(29)37-14-13-20(30)35-3)28-23(31)18-11-7-8-12-19(18)24(28)32/h4-12,16,21-22,26H,13-15H2,1-3H3/t21-,22+,26-/m1/s1. The Hall–Kier alpha value is -3.66. The Bertz CT molecular complexity index is 1180. The Balaban J connectivity index is 1.58. The second-order valence-electron chi connectivity index (χ2n) is 9.09. The van der Waals surface area contributed by atoms with Crippen molar-refractivity contribution >= 4 is 41.4 Å². The third kappa shape index (κ3) is 5.11. The highest BCUT2D eigenvalue weighted by atomic mass is 32.2. The number of hydrogen-bond donors (Lipinski definition) is 0. The summed E-state index contributed by atoms with van der Waals surface area (Å²) >= 11 is 1.22. The normalized spacial score (nSPS) is 19.5. The number of imide groups is 1. The number of hydrogen-bond acceptors (Lipinski definition) is 8. The topological polar surface area (TPSA) is 110 Å². The zero-order valence-electron chi connectivity index (χ0n) is 20.8. The molecule has 37 heavy (non-hydrogen) atoms. The summed E-state index contributed by atoms with van der Waals surface area (Å²) in [5.41, 5.74) is 1.28. The lowest BCUT2D eigenvalue weighted by molar-refractivity contribution is -0.169. The molecule has 0 bridgehead atoms. The van der Waals surface area contributed by atoms with Crippen LogP contribution in [-0.2, 0) is 30.5 Å².